The molecule has 0 radical (unpaired) electrons. The summed E-state index contributed by atoms with van der Waals surface area (Å²) in [5, 5.41) is 0. The Morgan fingerprint density at radius 1 is 1.25 bits per heavy atom. The molecule has 0 bridgehead atoms. The lowest BCUT2D eigenvalue weighted by Crippen LogP contribution is -2.42. The largest absolute Gasteiger partial charge is 0.299 e. The highest BCUT2D eigenvalue weighted by atomic mass is 16.2. The van der Waals surface area contributed by atoms with Crippen molar-refractivity contribution in [1.29, 1.82) is 0 Å². The van der Waals surface area contributed by atoms with Crippen molar-refractivity contribution in [3.8, 4) is 0 Å². The predicted octanol–water partition coefficient (Wildman–Crippen LogP) is 2.10. The van der Waals surface area contributed by atoms with Crippen molar-refractivity contribution >= 4 is 17.3 Å². The second-order valence-corrected chi connectivity index (χ2v) is 5.12. The fraction of sp³-hybridized carbons (Fsp3) is 0.615. The van der Waals surface area contributed by atoms with Crippen LogP contribution in [-0.2, 0) is 14.4 Å². The lowest BCUT2D eigenvalue weighted by Gasteiger charge is -2.35. The van der Waals surface area contributed by atoms with E-state index in [0.29, 0.717) is 12.8 Å². The van der Waals surface area contributed by atoms with E-state index in [1.807, 2.05) is 13.8 Å². The molecule has 1 rings (SSSR count). The topological polar surface area (TPSA) is 51.2 Å². The van der Waals surface area contributed by atoms with Crippen LogP contribution in [0.25, 0.3) is 0 Å². The van der Waals surface area contributed by atoms with Crippen molar-refractivity contribution in [3.63, 3.8) is 0 Å². The molecule has 88 valence electrons. The number of carbonyl (C=O) groups excluding carboxylic acids is 3. The summed E-state index contributed by atoms with van der Waals surface area (Å²) >= 11 is 0. The van der Waals surface area contributed by atoms with Crippen LogP contribution in [0.3, 0.4) is 0 Å². The van der Waals surface area contributed by atoms with Crippen molar-refractivity contribution in [2.45, 2.75) is 40.5 Å². The highest BCUT2D eigenvalue weighted by Crippen LogP contribution is 2.51. The minimum absolute atomic E-state index is 0.0671. The summed E-state index contributed by atoms with van der Waals surface area (Å²) in [4.78, 5) is 34.8. The zero-order valence-electron chi connectivity index (χ0n) is 10.3. The van der Waals surface area contributed by atoms with E-state index in [1.54, 1.807) is 0 Å². The lowest BCUT2D eigenvalue weighted by molar-refractivity contribution is -0.138. The first-order valence-electron chi connectivity index (χ1n) is 5.48. The Balaban J connectivity index is 3.29. The summed E-state index contributed by atoms with van der Waals surface area (Å²) in [5.41, 5.74) is -1.50. The third-order valence-electron chi connectivity index (χ3n) is 3.61. The summed E-state index contributed by atoms with van der Waals surface area (Å²) in [6, 6.07) is 0. The molecule has 1 unspecified atom stereocenters. The summed E-state index contributed by atoms with van der Waals surface area (Å²) in [6.07, 6.45) is 3.95. The SMILES string of the molecule is CC(=O)/C=C\C1(C(C)=O)C(=O)CCC1(C)C. The first-order valence-corrected chi connectivity index (χ1v) is 5.48. The third-order valence-corrected chi connectivity index (χ3v) is 3.61. The van der Waals surface area contributed by atoms with Gasteiger partial charge in [-0.25, -0.2) is 0 Å². The smallest absolute Gasteiger partial charge is 0.152 e. The van der Waals surface area contributed by atoms with Crippen molar-refractivity contribution in [2.75, 3.05) is 0 Å². The standard InChI is InChI=1S/C13H18O3/c1-9(14)5-8-13(10(2)15)11(16)6-7-12(13,3)4/h5,8H,6-7H2,1-4H3/b8-5-. The van der Waals surface area contributed by atoms with Crippen molar-refractivity contribution < 1.29 is 14.4 Å². The van der Waals surface area contributed by atoms with E-state index in [1.165, 1.54) is 26.0 Å². The number of allylic oxidation sites excluding steroid dienone is 2. The summed E-state index contributed by atoms with van der Waals surface area (Å²) in [6.45, 7) is 6.65. The molecule has 0 spiro atoms. The zero-order chi connectivity index (χ0) is 12.6. The van der Waals surface area contributed by atoms with Gasteiger partial charge >= 0.3 is 0 Å². The Morgan fingerprint density at radius 3 is 2.12 bits per heavy atom. The van der Waals surface area contributed by atoms with E-state index in [9.17, 15) is 14.4 Å². The minimum Gasteiger partial charge on any atom is -0.299 e. The molecular weight excluding hydrogens is 204 g/mol. The van der Waals surface area contributed by atoms with E-state index in [2.05, 4.69) is 0 Å². The van der Waals surface area contributed by atoms with Crippen molar-refractivity contribution in [1.82, 2.24) is 0 Å². The summed E-state index contributed by atoms with van der Waals surface area (Å²) in [5.74, 6) is -0.379. The van der Waals surface area contributed by atoms with Crippen molar-refractivity contribution in [3.05, 3.63) is 12.2 Å². The van der Waals surface area contributed by atoms with E-state index < -0.39 is 10.8 Å². The second kappa shape index (κ2) is 3.96. The van der Waals surface area contributed by atoms with Gasteiger partial charge in [0.2, 0.25) is 0 Å². The number of ketones is 3. The van der Waals surface area contributed by atoms with Crippen LogP contribution < -0.4 is 0 Å². The van der Waals surface area contributed by atoms with Gasteiger partial charge in [-0.05, 0) is 31.8 Å². The maximum absolute atomic E-state index is 12.0. The molecule has 3 nitrogen and oxygen atoms in total. The maximum atomic E-state index is 12.0. The van der Waals surface area contributed by atoms with Gasteiger partial charge in [-0.3, -0.25) is 14.4 Å². The van der Waals surface area contributed by atoms with E-state index >= 15 is 0 Å². The average Bonchev–Trinajstić information content (AvgIpc) is 2.36. The number of hydrogen-bond acceptors (Lipinski definition) is 3. The van der Waals surface area contributed by atoms with E-state index in [-0.39, 0.29) is 17.3 Å². The van der Waals surface area contributed by atoms with E-state index in [4.69, 9.17) is 0 Å². The number of carbonyl (C=O) groups is 3. The molecule has 3 heteroatoms. The highest BCUT2D eigenvalue weighted by Gasteiger charge is 2.56. The van der Waals surface area contributed by atoms with Crippen LogP contribution in [0.4, 0.5) is 0 Å². The van der Waals surface area contributed by atoms with Crippen LogP contribution in [-0.4, -0.2) is 17.3 Å². The molecule has 0 aromatic heterocycles. The molecule has 0 amide bonds. The van der Waals surface area contributed by atoms with Crippen molar-refractivity contribution in [2.24, 2.45) is 10.8 Å². The molecule has 1 fully saturated rings. The van der Waals surface area contributed by atoms with Crippen LogP contribution in [0.15, 0.2) is 12.2 Å². The molecule has 0 saturated heterocycles. The Bertz CT molecular complexity index is 377. The van der Waals surface area contributed by atoms with Crippen LogP contribution in [0, 0.1) is 10.8 Å². The predicted molar refractivity (Wildman–Crippen MR) is 61.0 cm³/mol. The Kier molecular flexibility index (Phi) is 3.17. The molecule has 0 heterocycles. The molecule has 0 aromatic rings. The van der Waals surface area contributed by atoms with Gasteiger partial charge < -0.3 is 0 Å². The van der Waals surface area contributed by atoms with Gasteiger partial charge in [0, 0.05) is 6.42 Å². The average molecular weight is 222 g/mol. The molecule has 1 atom stereocenters. The number of rotatable bonds is 3. The van der Waals surface area contributed by atoms with Crippen LogP contribution in [0.2, 0.25) is 0 Å². The normalized spacial score (nSPS) is 28.6. The molecule has 1 aliphatic rings. The number of hydrogen-bond donors (Lipinski definition) is 0. The Hall–Kier alpha value is -1.25. The first-order chi connectivity index (χ1) is 7.24. The molecular formula is C13H18O3. The van der Waals surface area contributed by atoms with Gasteiger partial charge in [0.05, 0.1) is 0 Å². The highest BCUT2D eigenvalue weighted by molar-refractivity contribution is 6.11. The van der Waals surface area contributed by atoms with Gasteiger partial charge in [-0.15, -0.1) is 0 Å². The summed E-state index contributed by atoms with van der Waals surface area (Å²) in [7, 11) is 0. The summed E-state index contributed by atoms with van der Waals surface area (Å²) < 4.78 is 0. The lowest BCUT2D eigenvalue weighted by atomic mass is 9.65. The van der Waals surface area contributed by atoms with Gasteiger partial charge in [0.25, 0.3) is 0 Å². The van der Waals surface area contributed by atoms with Gasteiger partial charge in [0.15, 0.2) is 11.6 Å². The zero-order valence-corrected chi connectivity index (χ0v) is 10.3. The fourth-order valence-corrected chi connectivity index (χ4v) is 2.55. The molecule has 0 N–H and O–H groups in total. The Labute approximate surface area is 95.9 Å². The molecule has 0 aromatic carbocycles. The van der Waals surface area contributed by atoms with Gasteiger partial charge in [0.1, 0.15) is 11.2 Å². The molecule has 0 aliphatic heterocycles. The first kappa shape index (κ1) is 12.8. The maximum Gasteiger partial charge on any atom is 0.152 e. The fourth-order valence-electron chi connectivity index (χ4n) is 2.55. The van der Waals surface area contributed by atoms with Gasteiger partial charge in [-0.2, -0.15) is 0 Å². The van der Waals surface area contributed by atoms with Crippen LogP contribution in [0.5, 0.6) is 0 Å². The number of Topliss-reactive ketones (excluding diaryl/α,β-unsaturated/α-hetero) is 2. The molecule has 1 aliphatic carbocycles. The second-order valence-electron chi connectivity index (χ2n) is 5.12. The quantitative estimate of drug-likeness (QED) is 0.542. The third kappa shape index (κ3) is 1.75. The van der Waals surface area contributed by atoms with Crippen LogP contribution >= 0.6 is 0 Å². The monoisotopic (exact) mass is 222 g/mol. The van der Waals surface area contributed by atoms with E-state index in [0.717, 1.165) is 0 Å². The minimum atomic E-state index is -1.10. The van der Waals surface area contributed by atoms with Crippen LogP contribution in [0.1, 0.15) is 40.5 Å². The molecule has 16 heavy (non-hydrogen) atoms. The molecule has 1 saturated carbocycles. The van der Waals surface area contributed by atoms with Gasteiger partial charge in [-0.1, -0.05) is 19.9 Å². The Morgan fingerprint density at radius 2 is 1.81 bits per heavy atom.